The molecule has 1 amide bonds. The van der Waals surface area contributed by atoms with Gasteiger partial charge in [-0.05, 0) is 41.7 Å². The standard InChI is InChI=1S/C23H25NO4/c25-23(27-14-16-4-2-1-3-5-16)24-10-8-22(20-13-21(20)24)28-19-7-6-18-15-26-11-9-17(18)12-19/h1-7,12,20-22H,8-11,13-15H2. The summed E-state index contributed by atoms with van der Waals surface area (Å²) in [4.78, 5) is 14.4. The van der Waals surface area contributed by atoms with Gasteiger partial charge >= 0.3 is 6.09 Å². The van der Waals surface area contributed by atoms with Crippen LogP contribution in [0.5, 0.6) is 5.75 Å². The molecule has 2 heterocycles. The van der Waals surface area contributed by atoms with Gasteiger partial charge in [0.15, 0.2) is 0 Å². The summed E-state index contributed by atoms with van der Waals surface area (Å²) in [5.74, 6) is 1.36. The van der Waals surface area contributed by atoms with Crippen LogP contribution in [0.2, 0.25) is 0 Å². The molecule has 1 saturated carbocycles. The van der Waals surface area contributed by atoms with Crippen molar-refractivity contribution in [2.75, 3.05) is 13.2 Å². The minimum absolute atomic E-state index is 0.182. The van der Waals surface area contributed by atoms with Gasteiger partial charge in [0.25, 0.3) is 0 Å². The SMILES string of the molecule is O=C(OCc1ccccc1)N1CCC(Oc2ccc3c(c2)CCOC3)C2CC21. The van der Waals surface area contributed by atoms with Crippen molar-refractivity contribution in [3.63, 3.8) is 0 Å². The summed E-state index contributed by atoms with van der Waals surface area (Å²) in [6.07, 6.45) is 2.78. The van der Waals surface area contributed by atoms with E-state index in [1.165, 1.54) is 11.1 Å². The monoisotopic (exact) mass is 379 g/mol. The molecule has 1 saturated heterocycles. The fourth-order valence-corrected chi connectivity index (χ4v) is 4.37. The van der Waals surface area contributed by atoms with Gasteiger partial charge in [0.05, 0.1) is 13.2 Å². The number of amides is 1. The summed E-state index contributed by atoms with van der Waals surface area (Å²) < 4.78 is 17.3. The first-order chi connectivity index (χ1) is 13.8. The summed E-state index contributed by atoms with van der Waals surface area (Å²) in [6, 6.07) is 16.4. The van der Waals surface area contributed by atoms with Crippen LogP contribution in [0.25, 0.3) is 0 Å². The summed E-state index contributed by atoms with van der Waals surface area (Å²) in [7, 11) is 0. The Hall–Kier alpha value is -2.53. The molecule has 28 heavy (non-hydrogen) atoms. The topological polar surface area (TPSA) is 48.0 Å². The molecule has 2 aromatic rings. The Bertz CT molecular complexity index is 853. The fourth-order valence-electron chi connectivity index (χ4n) is 4.37. The number of hydrogen-bond donors (Lipinski definition) is 0. The molecule has 5 heteroatoms. The summed E-state index contributed by atoms with van der Waals surface area (Å²) >= 11 is 0. The van der Waals surface area contributed by atoms with E-state index < -0.39 is 0 Å². The molecule has 0 bridgehead atoms. The molecule has 0 N–H and O–H groups in total. The highest BCUT2D eigenvalue weighted by Crippen LogP contribution is 2.45. The van der Waals surface area contributed by atoms with Gasteiger partial charge in [-0.3, -0.25) is 0 Å². The van der Waals surface area contributed by atoms with Gasteiger partial charge in [0, 0.05) is 24.9 Å². The van der Waals surface area contributed by atoms with Crippen molar-refractivity contribution in [3.8, 4) is 5.75 Å². The molecule has 146 valence electrons. The van der Waals surface area contributed by atoms with Crippen LogP contribution in [-0.4, -0.2) is 36.3 Å². The second kappa shape index (κ2) is 7.47. The second-order valence-electron chi connectivity index (χ2n) is 7.88. The van der Waals surface area contributed by atoms with E-state index >= 15 is 0 Å². The Balaban J connectivity index is 1.16. The Morgan fingerprint density at radius 3 is 2.93 bits per heavy atom. The fraction of sp³-hybridized carbons (Fsp3) is 0.435. The maximum Gasteiger partial charge on any atom is 0.410 e. The van der Waals surface area contributed by atoms with E-state index in [1.54, 1.807) is 0 Å². The molecular formula is C23H25NO4. The maximum absolute atomic E-state index is 12.5. The summed E-state index contributed by atoms with van der Waals surface area (Å²) in [5.41, 5.74) is 3.61. The Morgan fingerprint density at radius 1 is 1.14 bits per heavy atom. The van der Waals surface area contributed by atoms with Crippen molar-refractivity contribution in [3.05, 3.63) is 65.2 Å². The van der Waals surface area contributed by atoms with Crippen LogP contribution in [0, 0.1) is 5.92 Å². The number of ether oxygens (including phenoxy) is 3. The molecule has 2 aliphatic heterocycles. The lowest BCUT2D eigenvalue weighted by molar-refractivity contribution is 0.0599. The van der Waals surface area contributed by atoms with Gasteiger partial charge in [-0.1, -0.05) is 36.4 Å². The van der Waals surface area contributed by atoms with Gasteiger partial charge in [0.2, 0.25) is 0 Å². The van der Waals surface area contributed by atoms with Crippen LogP contribution in [0.3, 0.4) is 0 Å². The number of nitrogens with zero attached hydrogens (tertiary/aromatic N) is 1. The molecule has 0 aromatic heterocycles. The third-order valence-corrected chi connectivity index (χ3v) is 6.02. The predicted molar refractivity (Wildman–Crippen MR) is 104 cm³/mol. The quantitative estimate of drug-likeness (QED) is 0.807. The second-order valence-corrected chi connectivity index (χ2v) is 7.88. The number of hydrogen-bond acceptors (Lipinski definition) is 4. The molecule has 5 nitrogen and oxygen atoms in total. The minimum atomic E-state index is -0.205. The van der Waals surface area contributed by atoms with Gasteiger partial charge in [-0.25, -0.2) is 4.79 Å². The zero-order chi connectivity index (χ0) is 18.9. The number of benzene rings is 2. The number of fused-ring (bicyclic) bond motifs is 2. The smallest absolute Gasteiger partial charge is 0.410 e. The Kier molecular flexibility index (Phi) is 4.69. The minimum Gasteiger partial charge on any atom is -0.490 e. The van der Waals surface area contributed by atoms with Crippen LogP contribution >= 0.6 is 0 Å². The van der Waals surface area contributed by atoms with E-state index in [2.05, 4.69) is 12.1 Å². The van der Waals surface area contributed by atoms with Crippen LogP contribution < -0.4 is 4.74 Å². The highest BCUT2D eigenvalue weighted by Gasteiger charge is 2.53. The zero-order valence-electron chi connectivity index (χ0n) is 15.9. The first-order valence-corrected chi connectivity index (χ1v) is 10.1. The van der Waals surface area contributed by atoms with Crippen molar-refractivity contribution in [1.29, 1.82) is 0 Å². The lowest BCUT2D eigenvalue weighted by atomic mass is 10.0. The van der Waals surface area contributed by atoms with Crippen molar-refractivity contribution in [2.45, 2.75) is 44.6 Å². The molecule has 1 aliphatic carbocycles. The molecule has 5 rings (SSSR count). The lowest BCUT2D eigenvalue weighted by Crippen LogP contribution is -2.43. The van der Waals surface area contributed by atoms with E-state index in [1.807, 2.05) is 41.3 Å². The van der Waals surface area contributed by atoms with E-state index in [0.717, 1.165) is 37.2 Å². The normalized spacial score (nSPS) is 25.4. The van der Waals surface area contributed by atoms with Gasteiger partial charge in [-0.2, -0.15) is 0 Å². The van der Waals surface area contributed by atoms with Gasteiger partial charge < -0.3 is 19.1 Å². The van der Waals surface area contributed by atoms with Gasteiger partial charge in [-0.15, -0.1) is 0 Å². The van der Waals surface area contributed by atoms with E-state index in [9.17, 15) is 4.79 Å². The Morgan fingerprint density at radius 2 is 2.04 bits per heavy atom. The van der Waals surface area contributed by atoms with Crippen LogP contribution in [0.15, 0.2) is 48.5 Å². The Labute approximate surface area is 165 Å². The maximum atomic E-state index is 12.5. The molecule has 0 spiro atoms. The lowest BCUT2D eigenvalue weighted by Gasteiger charge is -2.31. The van der Waals surface area contributed by atoms with Gasteiger partial charge in [0.1, 0.15) is 18.5 Å². The van der Waals surface area contributed by atoms with Crippen molar-refractivity contribution >= 4 is 6.09 Å². The largest absolute Gasteiger partial charge is 0.490 e. The molecule has 3 atom stereocenters. The van der Waals surface area contributed by atoms with Crippen molar-refractivity contribution in [1.82, 2.24) is 4.90 Å². The van der Waals surface area contributed by atoms with E-state index in [-0.39, 0.29) is 18.2 Å². The highest BCUT2D eigenvalue weighted by atomic mass is 16.6. The molecule has 2 fully saturated rings. The first kappa shape index (κ1) is 17.6. The molecule has 2 aromatic carbocycles. The number of rotatable bonds is 4. The molecule has 3 unspecified atom stereocenters. The summed E-state index contributed by atoms with van der Waals surface area (Å²) in [6.45, 7) is 2.50. The van der Waals surface area contributed by atoms with E-state index in [0.29, 0.717) is 25.7 Å². The molecule has 3 aliphatic rings. The van der Waals surface area contributed by atoms with Crippen molar-refractivity contribution in [2.24, 2.45) is 5.92 Å². The average Bonchev–Trinajstić information content (AvgIpc) is 3.54. The van der Waals surface area contributed by atoms with E-state index in [4.69, 9.17) is 14.2 Å². The number of carbonyl (C=O) groups is 1. The van der Waals surface area contributed by atoms with Crippen LogP contribution in [0.4, 0.5) is 4.79 Å². The molecule has 0 radical (unpaired) electrons. The number of likely N-dealkylation sites (tertiary alicyclic amines) is 1. The van der Waals surface area contributed by atoms with Crippen LogP contribution in [0.1, 0.15) is 29.5 Å². The third-order valence-electron chi connectivity index (χ3n) is 6.02. The third kappa shape index (κ3) is 3.59. The van der Waals surface area contributed by atoms with Crippen LogP contribution in [-0.2, 0) is 29.1 Å². The zero-order valence-corrected chi connectivity index (χ0v) is 15.9. The van der Waals surface area contributed by atoms with Crippen molar-refractivity contribution < 1.29 is 19.0 Å². The number of carbonyl (C=O) groups excluding carboxylic acids is 1. The molecular weight excluding hydrogens is 354 g/mol. The first-order valence-electron chi connectivity index (χ1n) is 10.1. The highest BCUT2D eigenvalue weighted by molar-refractivity contribution is 5.69. The summed E-state index contributed by atoms with van der Waals surface area (Å²) in [5, 5.41) is 0. The average molecular weight is 379 g/mol. The number of piperidine rings is 1. The predicted octanol–water partition coefficient (Wildman–Crippen LogP) is 3.94.